The minimum atomic E-state index is -0.423. The molecule has 1 atom stereocenters. The van der Waals surface area contributed by atoms with Crippen molar-refractivity contribution in [2.75, 3.05) is 13.1 Å². The highest BCUT2D eigenvalue weighted by atomic mass is 16.3. The summed E-state index contributed by atoms with van der Waals surface area (Å²) in [5.41, 5.74) is 0. The lowest BCUT2D eigenvalue weighted by atomic mass is 10.0. The second-order valence-electron chi connectivity index (χ2n) is 5.29. The molecule has 1 N–H and O–H groups in total. The lowest BCUT2D eigenvalue weighted by Gasteiger charge is -2.15. The van der Waals surface area contributed by atoms with E-state index in [1.807, 2.05) is 0 Å². The zero-order valence-corrected chi connectivity index (χ0v) is 10.6. The van der Waals surface area contributed by atoms with Crippen LogP contribution >= 0.6 is 0 Å². The quantitative estimate of drug-likeness (QED) is 0.677. The molecule has 3 nitrogen and oxygen atoms in total. The van der Waals surface area contributed by atoms with Gasteiger partial charge in [0.15, 0.2) is 0 Å². The molecule has 1 heterocycles. The van der Waals surface area contributed by atoms with Crippen LogP contribution < -0.4 is 0 Å². The molecule has 0 aromatic heterocycles. The molecule has 0 aliphatic carbocycles. The molecule has 1 saturated heterocycles. The monoisotopic (exact) mass is 227 g/mol. The first kappa shape index (κ1) is 13.5. The summed E-state index contributed by atoms with van der Waals surface area (Å²) in [5.74, 6) is 0.921. The molecule has 1 amide bonds. The largest absolute Gasteiger partial charge is 0.391 e. The number of unbranched alkanes of at least 4 members (excludes halogenated alkanes) is 3. The fourth-order valence-electron chi connectivity index (χ4n) is 2.18. The van der Waals surface area contributed by atoms with Crippen LogP contribution in [0.3, 0.4) is 0 Å². The number of aliphatic hydroxyl groups excluding tert-OH is 1. The van der Waals surface area contributed by atoms with Gasteiger partial charge >= 0.3 is 0 Å². The normalized spacial score (nSPS) is 21.1. The minimum Gasteiger partial charge on any atom is -0.391 e. The van der Waals surface area contributed by atoms with Gasteiger partial charge in [-0.3, -0.25) is 4.79 Å². The van der Waals surface area contributed by atoms with Gasteiger partial charge < -0.3 is 10.0 Å². The van der Waals surface area contributed by atoms with Gasteiger partial charge in [-0.1, -0.05) is 39.5 Å². The maximum Gasteiger partial charge on any atom is 0.225 e. The average Bonchev–Trinajstić information content (AvgIpc) is 2.50. The van der Waals surface area contributed by atoms with E-state index in [4.69, 9.17) is 0 Å². The van der Waals surface area contributed by atoms with Gasteiger partial charge in [0, 0.05) is 13.1 Å². The van der Waals surface area contributed by atoms with Crippen molar-refractivity contribution in [3.8, 4) is 0 Å². The molecule has 0 aromatic carbocycles. The molecule has 0 radical (unpaired) electrons. The number of β-amino-alcohol motifs (C(OH)–C–C–N with tert-alkyl or cyclic N) is 1. The van der Waals surface area contributed by atoms with Crippen LogP contribution in [0, 0.1) is 5.92 Å². The van der Waals surface area contributed by atoms with E-state index in [2.05, 4.69) is 13.8 Å². The molecule has 0 saturated carbocycles. The highest BCUT2D eigenvalue weighted by Crippen LogP contribution is 2.13. The molecule has 3 heteroatoms. The molecule has 1 fully saturated rings. The Balaban J connectivity index is 1.97. The Labute approximate surface area is 98.8 Å². The minimum absolute atomic E-state index is 0.120. The Kier molecular flexibility index (Phi) is 5.81. The van der Waals surface area contributed by atoms with E-state index in [1.165, 1.54) is 25.7 Å². The van der Waals surface area contributed by atoms with Crippen molar-refractivity contribution < 1.29 is 9.90 Å². The summed E-state index contributed by atoms with van der Waals surface area (Å²) in [7, 11) is 0. The van der Waals surface area contributed by atoms with E-state index >= 15 is 0 Å². The fourth-order valence-corrected chi connectivity index (χ4v) is 2.18. The second-order valence-corrected chi connectivity index (χ2v) is 5.29. The Morgan fingerprint density at radius 3 is 2.56 bits per heavy atom. The molecule has 94 valence electrons. The average molecular weight is 227 g/mol. The maximum absolute atomic E-state index is 11.4. The number of hydrogen-bond donors (Lipinski definition) is 1. The van der Waals surface area contributed by atoms with Gasteiger partial charge in [-0.05, 0) is 12.3 Å². The van der Waals surface area contributed by atoms with Crippen LogP contribution in [-0.2, 0) is 4.79 Å². The lowest BCUT2D eigenvalue weighted by Crippen LogP contribution is -2.26. The van der Waals surface area contributed by atoms with Crippen molar-refractivity contribution in [3.05, 3.63) is 0 Å². The van der Waals surface area contributed by atoms with Crippen molar-refractivity contribution in [1.82, 2.24) is 4.90 Å². The predicted octanol–water partition coefficient (Wildman–Crippen LogP) is 2.19. The van der Waals surface area contributed by atoms with E-state index in [9.17, 15) is 9.90 Å². The third-order valence-corrected chi connectivity index (χ3v) is 3.15. The topological polar surface area (TPSA) is 40.5 Å². The van der Waals surface area contributed by atoms with Crippen molar-refractivity contribution in [1.29, 1.82) is 0 Å². The van der Waals surface area contributed by atoms with Crippen molar-refractivity contribution in [2.24, 2.45) is 5.92 Å². The van der Waals surface area contributed by atoms with E-state index < -0.39 is 6.10 Å². The molecule has 0 aromatic rings. The second kappa shape index (κ2) is 6.89. The SMILES string of the molecule is CC(C)CCCCCCN1CC(O)CC1=O. The van der Waals surface area contributed by atoms with Gasteiger partial charge in [-0.2, -0.15) is 0 Å². The molecule has 1 aliphatic rings. The number of aliphatic hydroxyl groups is 1. The van der Waals surface area contributed by atoms with Crippen LogP contribution in [0.2, 0.25) is 0 Å². The van der Waals surface area contributed by atoms with E-state index in [1.54, 1.807) is 4.90 Å². The standard InChI is InChI=1S/C13H25NO2/c1-11(2)7-5-3-4-6-8-14-10-12(15)9-13(14)16/h11-12,15H,3-10H2,1-2H3. The highest BCUT2D eigenvalue weighted by Gasteiger charge is 2.26. The number of hydrogen-bond acceptors (Lipinski definition) is 2. The summed E-state index contributed by atoms with van der Waals surface area (Å²) in [6.07, 6.45) is 6.06. The number of likely N-dealkylation sites (tertiary alicyclic amines) is 1. The molecule has 0 bridgehead atoms. The zero-order chi connectivity index (χ0) is 12.0. The van der Waals surface area contributed by atoms with E-state index in [0.29, 0.717) is 13.0 Å². The third kappa shape index (κ3) is 4.97. The van der Waals surface area contributed by atoms with Crippen molar-refractivity contribution in [2.45, 2.75) is 58.5 Å². The summed E-state index contributed by atoms with van der Waals surface area (Å²) >= 11 is 0. The summed E-state index contributed by atoms with van der Waals surface area (Å²) in [6.45, 7) is 5.89. The van der Waals surface area contributed by atoms with Crippen LogP contribution in [0.5, 0.6) is 0 Å². The number of carbonyl (C=O) groups excluding carboxylic acids is 1. The first-order chi connectivity index (χ1) is 7.59. The summed E-state index contributed by atoms with van der Waals surface area (Å²) < 4.78 is 0. The Hall–Kier alpha value is -0.570. The third-order valence-electron chi connectivity index (χ3n) is 3.15. The van der Waals surface area contributed by atoms with Crippen LogP contribution in [0.25, 0.3) is 0 Å². The summed E-state index contributed by atoms with van der Waals surface area (Å²) in [4.78, 5) is 13.2. The number of amides is 1. The molecule has 1 rings (SSSR count). The van der Waals surface area contributed by atoms with Crippen LogP contribution in [-0.4, -0.2) is 35.1 Å². The van der Waals surface area contributed by atoms with Crippen molar-refractivity contribution >= 4 is 5.91 Å². The van der Waals surface area contributed by atoms with E-state index in [0.717, 1.165) is 18.9 Å². The van der Waals surface area contributed by atoms with Gasteiger partial charge in [0.1, 0.15) is 0 Å². The smallest absolute Gasteiger partial charge is 0.225 e. The molecular weight excluding hydrogens is 202 g/mol. The van der Waals surface area contributed by atoms with Gasteiger partial charge in [-0.15, -0.1) is 0 Å². The highest BCUT2D eigenvalue weighted by molar-refractivity contribution is 5.78. The molecular formula is C13H25NO2. The Morgan fingerprint density at radius 2 is 2.00 bits per heavy atom. The zero-order valence-electron chi connectivity index (χ0n) is 10.6. The Morgan fingerprint density at radius 1 is 1.31 bits per heavy atom. The lowest BCUT2D eigenvalue weighted by molar-refractivity contribution is -0.127. The molecule has 16 heavy (non-hydrogen) atoms. The van der Waals surface area contributed by atoms with Crippen LogP contribution in [0.15, 0.2) is 0 Å². The van der Waals surface area contributed by atoms with Crippen molar-refractivity contribution in [3.63, 3.8) is 0 Å². The molecule has 0 spiro atoms. The van der Waals surface area contributed by atoms with Gasteiger partial charge in [-0.25, -0.2) is 0 Å². The number of carbonyl (C=O) groups is 1. The molecule has 1 unspecified atom stereocenters. The first-order valence-electron chi connectivity index (χ1n) is 6.55. The molecule has 1 aliphatic heterocycles. The first-order valence-corrected chi connectivity index (χ1v) is 6.55. The summed E-state index contributed by atoms with van der Waals surface area (Å²) in [5, 5.41) is 9.31. The summed E-state index contributed by atoms with van der Waals surface area (Å²) in [6, 6.07) is 0. The predicted molar refractivity (Wildman–Crippen MR) is 65.1 cm³/mol. The van der Waals surface area contributed by atoms with Gasteiger partial charge in [0.25, 0.3) is 0 Å². The maximum atomic E-state index is 11.4. The van der Waals surface area contributed by atoms with E-state index in [-0.39, 0.29) is 5.91 Å². The van der Waals surface area contributed by atoms with Crippen LogP contribution in [0.1, 0.15) is 52.4 Å². The number of nitrogens with zero attached hydrogens (tertiary/aromatic N) is 1. The van der Waals surface area contributed by atoms with Crippen LogP contribution in [0.4, 0.5) is 0 Å². The fraction of sp³-hybridized carbons (Fsp3) is 0.923. The number of rotatable bonds is 7. The van der Waals surface area contributed by atoms with Gasteiger partial charge in [0.2, 0.25) is 5.91 Å². The Bertz CT molecular complexity index is 216. The van der Waals surface area contributed by atoms with Gasteiger partial charge in [0.05, 0.1) is 12.5 Å².